The number of likely N-dealkylation sites (tertiary alicyclic amines) is 1. The number of methoxy groups -OCH3 is 1. The van der Waals surface area contributed by atoms with Gasteiger partial charge in [-0.1, -0.05) is 0 Å². The van der Waals surface area contributed by atoms with Crippen molar-refractivity contribution < 1.29 is 14.6 Å². The van der Waals surface area contributed by atoms with Crippen LogP contribution in [0.5, 0.6) is 6.01 Å². The summed E-state index contributed by atoms with van der Waals surface area (Å²) in [5.74, 6) is 1.46. The predicted octanol–water partition coefficient (Wildman–Crippen LogP) is 2.94. The van der Waals surface area contributed by atoms with E-state index in [-0.39, 0.29) is 18.1 Å². The van der Waals surface area contributed by atoms with E-state index >= 15 is 0 Å². The first-order chi connectivity index (χ1) is 16.0. The number of hydrogen-bond donors (Lipinski definition) is 3. The number of aromatic nitrogens is 6. The average molecular weight is 469 g/mol. The highest BCUT2D eigenvalue weighted by Gasteiger charge is 2.44. The maximum atomic E-state index is 12.7. The van der Waals surface area contributed by atoms with Gasteiger partial charge in [0.1, 0.15) is 23.1 Å². The fourth-order valence-electron chi connectivity index (χ4n) is 5.43. The Balaban J connectivity index is 1.23. The summed E-state index contributed by atoms with van der Waals surface area (Å²) in [5, 5.41) is 14.7. The first kappa shape index (κ1) is 20.4. The zero-order valence-electron chi connectivity index (χ0n) is 18.2. The number of carbonyl (C=O) groups is 1. The lowest BCUT2D eigenvalue weighted by molar-refractivity contribution is 0.180. The first-order valence-corrected chi connectivity index (χ1v) is 11.7. The maximum absolute atomic E-state index is 12.7. The van der Waals surface area contributed by atoms with Gasteiger partial charge in [0.15, 0.2) is 0 Å². The molecule has 2 aliphatic rings. The SMILES string of the molecule is COc1nsc(NC(=O)N2C[C@H]3CC(n4c([C@@H](C)O)nc5cnc6[nH]ccc6c54)C[C@H]3C2)n1. The molecule has 0 aromatic carbocycles. The molecule has 3 N–H and O–H groups in total. The van der Waals surface area contributed by atoms with Gasteiger partial charge in [-0.25, -0.2) is 14.8 Å². The molecule has 33 heavy (non-hydrogen) atoms. The second-order valence-electron chi connectivity index (χ2n) is 8.81. The number of pyridine rings is 1. The molecule has 4 aromatic rings. The fraction of sp³-hybridized carbons (Fsp3) is 0.476. The monoisotopic (exact) mass is 468 g/mol. The minimum atomic E-state index is -0.682. The van der Waals surface area contributed by atoms with Crippen molar-refractivity contribution in [2.45, 2.75) is 31.9 Å². The Hall–Kier alpha value is -3.25. The number of nitrogens with one attached hydrogen (secondary N) is 2. The van der Waals surface area contributed by atoms with Crippen molar-refractivity contribution in [3.8, 4) is 6.01 Å². The number of aliphatic hydroxyl groups is 1. The molecule has 1 aliphatic carbocycles. The molecule has 1 saturated carbocycles. The lowest BCUT2D eigenvalue weighted by Crippen LogP contribution is -2.34. The van der Waals surface area contributed by atoms with Gasteiger partial charge in [0.2, 0.25) is 5.13 Å². The van der Waals surface area contributed by atoms with E-state index in [1.54, 1.807) is 13.1 Å². The zero-order valence-corrected chi connectivity index (χ0v) is 19.0. The molecular weight excluding hydrogens is 444 g/mol. The minimum Gasteiger partial charge on any atom is -0.466 e. The number of nitrogens with zero attached hydrogens (tertiary/aromatic N) is 6. The van der Waals surface area contributed by atoms with Crippen molar-refractivity contribution in [2.24, 2.45) is 11.8 Å². The standard InChI is InChI=1S/C21H24N8O3S/c1-10(30)18-24-15-7-23-17-14(3-4-22-17)16(15)29(18)13-5-11-8-28(9-12(11)6-13)21(31)26-20-25-19(32-2)27-33-20/h3-4,7,10-13,30H,5-6,8-9H2,1-2H3,(H,22,23)(H,25,26,27,31)/t10-,11-,12+,13?/m1/s1. The maximum Gasteiger partial charge on any atom is 0.329 e. The summed E-state index contributed by atoms with van der Waals surface area (Å²) >= 11 is 1.10. The first-order valence-electron chi connectivity index (χ1n) is 11.0. The lowest BCUT2D eigenvalue weighted by Gasteiger charge is -2.22. The third-order valence-electron chi connectivity index (χ3n) is 6.82. The molecule has 5 heterocycles. The molecule has 6 rings (SSSR count). The van der Waals surface area contributed by atoms with E-state index in [1.165, 1.54) is 7.11 Å². The van der Waals surface area contributed by atoms with E-state index < -0.39 is 6.10 Å². The normalized spacial score (nSPS) is 23.4. The molecule has 4 atom stereocenters. The van der Waals surface area contributed by atoms with E-state index in [2.05, 4.69) is 29.2 Å². The van der Waals surface area contributed by atoms with E-state index in [1.807, 2.05) is 17.2 Å². The molecule has 2 fully saturated rings. The van der Waals surface area contributed by atoms with Gasteiger partial charge < -0.3 is 24.3 Å². The lowest BCUT2D eigenvalue weighted by atomic mass is 10.0. The number of imidazole rings is 1. The van der Waals surface area contributed by atoms with E-state index in [0.29, 0.717) is 35.9 Å². The summed E-state index contributed by atoms with van der Waals surface area (Å²) in [6, 6.07) is 2.33. The number of aromatic amines is 1. The van der Waals surface area contributed by atoms with Crippen molar-refractivity contribution >= 4 is 44.8 Å². The molecule has 2 amide bonds. The van der Waals surface area contributed by atoms with Crippen LogP contribution < -0.4 is 10.1 Å². The molecule has 0 spiro atoms. The van der Waals surface area contributed by atoms with Crippen LogP contribution in [-0.2, 0) is 0 Å². The molecule has 0 radical (unpaired) electrons. The Bertz CT molecular complexity index is 1330. The summed E-state index contributed by atoms with van der Waals surface area (Å²) in [7, 11) is 1.50. The highest BCUT2D eigenvalue weighted by molar-refractivity contribution is 7.10. The molecule has 1 saturated heterocycles. The highest BCUT2D eigenvalue weighted by Crippen LogP contribution is 2.46. The molecule has 12 heteroatoms. The van der Waals surface area contributed by atoms with Crippen LogP contribution in [0.15, 0.2) is 18.5 Å². The van der Waals surface area contributed by atoms with Gasteiger partial charge in [0, 0.05) is 42.2 Å². The zero-order chi connectivity index (χ0) is 22.7. The number of carbonyl (C=O) groups excluding carboxylic acids is 1. The number of rotatable bonds is 4. The highest BCUT2D eigenvalue weighted by atomic mass is 32.1. The van der Waals surface area contributed by atoms with Crippen molar-refractivity contribution in [1.29, 1.82) is 0 Å². The smallest absolute Gasteiger partial charge is 0.329 e. The summed E-state index contributed by atoms with van der Waals surface area (Å²) in [4.78, 5) is 31.1. The number of ether oxygens (including phenoxy) is 1. The molecule has 4 aromatic heterocycles. The van der Waals surface area contributed by atoms with Gasteiger partial charge >= 0.3 is 12.0 Å². The van der Waals surface area contributed by atoms with Crippen LogP contribution >= 0.6 is 11.5 Å². The Labute approximate surface area is 193 Å². The van der Waals surface area contributed by atoms with E-state index in [0.717, 1.165) is 46.4 Å². The van der Waals surface area contributed by atoms with Crippen LogP contribution in [0.2, 0.25) is 0 Å². The summed E-state index contributed by atoms with van der Waals surface area (Å²) in [5.41, 5.74) is 2.63. The number of anilines is 1. The summed E-state index contributed by atoms with van der Waals surface area (Å²) in [6.07, 6.45) is 4.82. The molecule has 1 unspecified atom stereocenters. The third-order valence-corrected chi connectivity index (χ3v) is 7.43. The van der Waals surface area contributed by atoms with Gasteiger partial charge in [0.05, 0.1) is 18.8 Å². The molecular formula is C21H24N8O3S. The summed E-state index contributed by atoms with van der Waals surface area (Å²) in [6.45, 7) is 3.14. The van der Waals surface area contributed by atoms with Gasteiger partial charge in [0.25, 0.3) is 0 Å². The minimum absolute atomic E-state index is 0.155. The Kier molecular flexibility index (Phi) is 4.73. The Morgan fingerprint density at radius 1 is 1.33 bits per heavy atom. The van der Waals surface area contributed by atoms with Gasteiger partial charge in [-0.05, 0) is 37.7 Å². The third kappa shape index (κ3) is 3.32. The Morgan fingerprint density at radius 3 is 2.82 bits per heavy atom. The van der Waals surface area contributed by atoms with Crippen LogP contribution in [-0.4, -0.2) is 65.1 Å². The van der Waals surface area contributed by atoms with Crippen molar-refractivity contribution in [3.05, 3.63) is 24.3 Å². The van der Waals surface area contributed by atoms with Crippen molar-refractivity contribution in [1.82, 2.24) is 33.8 Å². The topological polar surface area (TPSA) is 134 Å². The average Bonchev–Trinajstić information content (AvgIpc) is 3.58. The predicted molar refractivity (Wildman–Crippen MR) is 122 cm³/mol. The Morgan fingerprint density at radius 2 is 2.12 bits per heavy atom. The molecule has 172 valence electrons. The van der Waals surface area contributed by atoms with E-state index in [9.17, 15) is 9.90 Å². The number of aliphatic hydroxyl groups excluding tert-OH is 1. The largest absolute Gasteiger partial charge is 0.466 e. The number of amides is 2. The number of hydrogen-bond acceptors (Lipinski definition) is 8. The number of H-pyrrole nitrogens is 1. The second kappa shape index (κ2) is 7.66. The van der Waals surface area contributed by atoms with Crippen molar-refractivity contribution in [2.75, 3.05) is 25.5 Å². The number of urea groups is 1. The van der Waals surface area contributed by atoms with Gasteiger partial charge in [-0.3, -0.25) is 5.32 Å². The van der Waals surface area contributed by atoms with Gasteiger partial charge in [-0.15, -0.1) is 4.37 Å². The van der Waals surface area contributed by atoms with Gasteiger partial charge in [-0.2, -0.15) is 4.98 Å². The molecule has 11 nitrogen and oxygen atoms in total. The van der Waals surface area contributed by atoms with Crippen LogP contribution in [0.1, 0.15) is 37.7 Å². The van der Waals surface area contributed by atoms with Crippen molar-refractivity contribution in [3.63, 3.8) is 0 Å². The molecule has 1 aliphatic heterocycles. The quantitative estimate of drug-likeness (QED) is 0.419. The second-order valence-corrected chi connectivity index (χ2v) is 9.57. The van der Waals surface area contributed by atoms with Crippen LogP contribution in [0, 0.1) is 11.8 Å². The van der Waals surface area contributed by atoms with E-state index in [4.69, 9.17) is 9.72 Å². The molecule has 0 bridgehead atoms. The van der Waals surface area contributed by atoms with Crippen LogP contribution in [0.4, 0.5) is 9.93 Å². The fourth-order valence-corrected chi connectivity index (χ4v) is 5.97. The number of fused-ring (bicyclic) bond motifs is 4. The van der Waals surface area contributed by atoms with Crippen LogP contribution in [0.3, 0.4) is 0 Å². The van der Waals surface area contributed by atoms with Crippen LogP contribution in [0.25, 0.3) is 22.1 Å². The summed E-state index contributed by atoms with van der Waals surface area (Å²) < 4.78 is 11.2.